The number of hydrogen-bond donors (Lipinski definition) is 2. The number of methoxy groups -OCH3 is 1. The Balaban J connectivity index is 2.01. The van der Waals surface area contributed by atoms with Gasteiger partial charge < -0.3 is 19.5 Å². The van der Waals surface area contributed by atoms with E-state index in [0.717, 1.165) is 0 Å². The predicted molar refractivity (Wildman–Crippen MR) is 97.9 cm³/mol. The summed E-state index contributed by atoms with van der Waals surface area (Å²) in [7, 11) is 1.33. The highest BCUT2D eigenvalue weighted by Gasteiger charge is 2.12. The molecule has 0 unspecified atom stereocenters. The van der Waals surface area contributed by atoms with Crippen LogP contribution in [-0.2, 0) is 11.3 Å². The highest BCUT2D eigenvalue weighted by molar-refractivity contribution is 5.96. The minimum Gasteiger partial charge on any atom is -0.493 e. The molecule has 0 saturated carbocycles. The van der Waals surface area contributed by atoms with E-state index in [4.69, 9.17) is 9.47 Å². The van der Waals surface area contributed by atoms with Gasteiger partial charge in [-0.1, -0.05) is 12.1 Å². The number of carbonyl (C=O) groups is 2. The minimum atomic E-state index is -2.96. The molecule has 0 bridgehead atoms. The Kier molecular flexibility index (Phi) is 7.55. The van der Waals surface area contributed by atoms with E-state index >= 15 is 0 Å². The maximum absolute atomic E-state index is 12.4. The molecule has 0 spiro atoms. The maximum atomic E-state index is 12.4. The van der Waals surface area contributed by atoms with E-state index in [9.17, 15) is 18.4 Å². The molecule has 0 heterocycles. The van der Waals surface area contributed by atoms with Crippen LogP contribution in [0.1, 0.15) is 22.8 Å². The first-order chi connectivity index (χ1) is 13.4. The Morgan fingerprint density at radius 1 is 1.11 bits per heavy atom. The number of benzene rings is 2. The van der Waals surface area contributed by atoms with Crippen molar-refractivity contribution in [3.05, 3.63) is 53.6 Å². The molecule has 0 atom stereocenters. The monoisotopic (exact) mass is 394 g/mol. The van der Waals surface area contributed by atoms with Gasteiger partial charge in [0.15, 0.2) is 11.5 Å². The Labute approximate surface area is 160 Å². The van der Waals surface area contributed by atoms with Crippen molar-refractivity contribution in [3.63, 3.8) is 0 Å². The second kappa shape index (κ2) is 10.1. The van der Waals surface area contributed by atoms with Crippen molar-refractivity contribution < 1.29 is 32.6 Å². The third-order valence-electron chi connectivity index (χ3n) is 3.54. The van der Waals surface area contributed by atoms with Gasteiger partial charge in [0.05, 0.1) is 13.7 Å². The molecule has 0 radical (unpaired) electrons. The highest BCUT2D eigenvalue weighted by Crippen LogP contribution is 2.29. The van der Waals surface area contributed by atoms with Crippen LogP contribution in [-0.4, -0.2) is 32.3 Å². The van der Waals surface area contributed by atoms with Crippen LogP contribution in [0.15, 0.2) is 42.5 Å². The third-order valence-corrected chi connectivity index (χ3v) is 3.54. The summed E-state index contributed by atoms with van der Waals surface area (Å²) in [5.41, 5.74) is 1.38. The van der Waals surface area contributed by atoms with Gasteiger partial charge in [0.1, 0.15) is 0 Å². The van der Waals surface area contributed by atoms with Gasteiger partial charge >= 0.3 is 12.7 Å². The molecule has 0 aliphatic carbocycles. The summed E-state index contributed by atoms with van der Waals surface area (Å²) in [6, 6.07) is 10.7. The Hall–Kier alpha value is -3.36. The van der Waals surface area contributed by atoms with Crippen molar-refractivity contribution in [1.82, 2.24) is 5.32 Å². The minimum absolute atomic E-state index is 0.0923. The van der Waals surface area contributed by atoms with E-state index < -0.39 is 12.7 Å². The number of ether oxygens (including phenoxy) is 3. The second-order valence-electron chi connectivity index (χ2n) is 5.47. The normalized spacial score (nSPS) is 10.3. The molecule has 150 valence electrons. The number of rotatable bonds is 8. The zero-order valence-electron chi connectivity index (χ0n) is 15.3. The van der Waals surface area contributed by atoms with Crippen LogP contribution in [0.2, 0.25) is 0 Å². The number of amides is 2. The quantitative estimate of drug-likeness (QED) is 0.711. The molecule has 2 rings (SSSR count). The summed E-state index contributed by atoms with van der Waals surface area (Å²) in [4.78, 5) is 23.8. The van der Waals surface area contributed by atoms with Crippen LogP contribution in [0.4, 0.5) is 19.3 Å². The van der Waals surface area contributed by atoms with Crippen LogP contribution in [0.3, 0.4) is 0 Å². The van der Waals surface area contributed by atoms with E-state index in [2.05, 4.69) is 15.4 Å². The van der Waals surface area contributed by atoms with Crippen LogP contribution < -0.4 is 20.1 Å². The van der Waals surface area contributed by atoms with Crippen LogP contribution in [0.25, 0.3) is 0 Å². The SMILES string of the molecule is CCOC(=O)Nc1cccc(C(=O)NCc2ccc(OC(F)F)c(OC)c2)c1. The molecule has 0 aromatic heterocycles. The van der Waals surface area contributed by atoms with Gasteiger partial charge in [-0.2, -0.15) is 8.78 Å². The van der Waals surface area contributed by atoms with E-state index in [-0.39, 0.29) is 30.6 Å². The smallest absolute Gasteiger partial charge is 0.411 e. The first-order valence-electron chi connectivity index (χ1n) is 8.36. The average molecular weight is 394 g/mol. The molecule has 9 heteroatoms. The predicted octanol–water partition coefficient (Wildman–Crippen LogP) is 3.80. The first-order valence-corrected chi connectivity index (χ1v) is 8.36. The molecule has 2 N–H and O–H groups in total. The Morgan fingerprint density at radius 3 is 2.57 bits per heavy atom. The molecule has 0 saturated heterocycles. The first kappa shape index (κ1) is 20.9. The lowest BCUT2D eigenvalue weighted by Gasteiger charge is -2.12. The number of alkyl halides is 2. The van der Waals surface area contributed by atoms with Gasteiger partial charge in [0, 0.05) is 17.8 Å². The summed E-state index contributed by atoms with van der Waals surface area (Å²) >= 11 is 0. The molecule has 28 heavy (non-hydrogen) atoms. The van der Waals surface area contributed by atoms with E-state index in [0.29, 0.717) is 16.8 Å². The van der Waals surface area contributed by atoms with Gasteiger partial charge in [0.25, 0.3) is 5.91 Å². The fourth-order valence-electron chi connectivity index (χ4n) is 2.32. The highest BCUT2D eigenvalue weighted by atomic mass is 19.3. The average Bonchev–Trinajstić information content (AvgIpc) is 2.66. The molecule has 0 aliphatic heterocycles. The van der Waals surface area contributed by atoms with E-state index in [1.807, 2.05) is 0 Å². The zero-order valence-corrected chi connectivity index (χ0v) is 15.3. The van der Waals surface area contributed by atoms with Gasteiger partial charge in [-0.05, 0) is 42.8 Å². The molecule has 2 aromatic rings. The van der Waals surface area contributed by atoms with Crippen molar-refractivity contribution >= 4 is 17.7 Å². The maximum Gasteiger partial charge on any atom is 0.411 e. The molecular weight excluding hydrogens is 374 g/mol. The lowest BCUT2D eigenvalue weighted by molar-refractivity contribution is -0.0512. The number of hydrogen-bond acceptors (Lipinski definition) is 5. The number of carbonyl (C=O) groups excluding carboxylic acids is 2. The van der Waals surface area contributed by atoms with Crippen molar-refractivity contribution in [2.45, 2.75) is 20.1 Å². The van der Waals surface area contributed by atoms with Crippen molar-refractivity contribution in [3.8, 4) is 11.5 Å². The molecule has 7 nitrogen and oxygen atoms in total. The third kappa shape index (κ3) is 6.11. The molecule has 0 fully saturated rings. The molecular formula is C19H20F2N2O5. The lowest BCUT2D eigenvalue weighted by atomic mass is 10.1. The molecule has 2 amide bonds. The summed E-state index contributed by atoms with van der Waals surface area (Å²) in [6.07, 6.45) is -0.613. The van der Waals surface area contributed by atoms with Gasteiger partial charge in [-0.25, -0.2) is 4.79 Å². The van der Waals surface area contributed by atoms with Crippen molar-refractivity contribution in [1.29, 1.82) is 0 Å². The lowest BCUT2D eigenvalue weighted by Crippen LogP contribution is -2.23. The number of nitrogens with one attached hydrogen (secondary N) is 2. The standard InChI is InChI=1S/C19H20F2N2O5/c1-3-27-19(25)23-14-6-4-5-13(10-14)17(24)22-11-12-7-8-15(28-18(20)21)16(9-12)26-2/h4-10,18H,3,11H2,1-2H3,(H,22,24)(H,23,25). The summed E-state index contributed by atoms with van der Waals surface area (Å²) in [5, 5.41) is 5.22. The largest absolute Gasteiger partial charge is 0.493 e. The molecule has 2 aromatic carbocycles. The Morgan fingerprint density at radius 2 is 1.89 bits per heavy atom. The van der Waals surface area contributed by atoms with E-state index in [1.165, 1.54) is 25.3 Å². The van der Waals surface area contributed by atoms with Gasteiger partial charge in [-0.3, -0.25) is 10.1 Å². The Bertz CT molecular complexity index is 830. The summed E-state index contributed by atoms with van der Waals surface area (Å²) in [6.45, 7) is -0.907. The van der Waals surface area contributed by atoms with Gasteiger partial charge in [-0.15, -0.1) is 0 Å². The fourth-order valence-corrected chi connectivity index (χ4v) is 2.32. The van der Waals surface area contributed by atoms with Crippen molar-refractivity contribution in [2.24, 2.45) is 0 Å². The zero-order chi connectivity index (χ0) is 20.5. The van der Waals surface area contributed by atoms with Crippen molar-refractivity contribution in [2.75, 3.05) is 19.0 Å². The van der Waals surface area contributed by atoms with Crippen LogP contribution in [0.5, 0.6) is 11.5 Å². The van der Waals surface area contributed by atoms with Gasteiger partial charge in [0.2, 0.25) is 0 Å². The van der Waals surface area contributed by atoms with E-state index in [1.54, 1.807) is 31.2 Å². The number of anilines is 1. The number of halogens is 2. The fraction of sp³-hybridized carbons (Fsp3) is 0.263. The van der Waals surface area contributed by atoms with Crippen LogP contribution >= 0.6 is 0 Å². The topological polar surface area (TPSA) is 85.9 Å². The van der Waals surface area contributed by atoms with Crippen LogP contribution in [0, 0.1) is 0 Å². The molecule has 0 aliphatic rings. The summed E-state index contributed by atoms with van der Waals surface area (Å²) in [5.74, 6) is -0.336. The second-order valence-corrected chi connectivity index (χ2v) is 5.47. The summed E-state index contributed by atoms with van der Waals surface area (Å²) < 4.78 is 38.9.